The fourth-order valence-corrected chi connectivity index (χ4v) is 3.11. The second-order valence-electron chi connectivity index (χ2n) is 6.70. The van der Waals surface area contributed by atoms with E-state index in [9.17, 15) is 4.79 Å². The predicted octanol–water partition coefficient (Wildman–Crippen LogP) is 1.37. The summed E-state index contributed by atoms with van der Waals surface area (Å²) in [6.45, 7) is 8.17. The van der Waals surface area contributed by atoms with Gasteiger partial charge in [0.05, 0.1) is 0 Å². The third-order valence-corrected chi connectivity index (χ3v) is 4.98. The summed E-state index contributed by atoms with van der Waals surface area (Å²) in [5, 5.41) is 6.92. The number of hydrogen-bond donors (Lipinski definition) is 2. The lowest BCUT2D eigenvalue weighted by atomic mass is 10.0. The van der Waals surface area contributed by atoms with Gasteiger partial charge >= 0.3 is 0 Å². The van der Waals surface area contributed by atoms with Crippen LogP contribution in [0.4, 0.5) is 0 Å². The van der Waals surface area contributed by atoms with Crippen LogP contribution >= 0.6 is 0 Å². The molecule has 0 aromatic rings. The summed E-state index contributed by atoms with van der Waals surface area (Å²) >= 11 is 0. The maximum absolute atomic E-state index is 11.7. The number of hydrogen-bond acceptors (Lipinski definition) is 3. The van der Waals surface area contributed by atoms with E-state index in [0.717, 1.165) is 51.6 Å². The minimum absolute atomic E-state index is 0.241. The van der Waals surface area contributed by atoms with Crippen LogP contribution in [0.15, 0.2) is 4.99 Å². The van der Waals surface area contributed by atoms with Crippen molar-refractivity contribution in [3.05, 3.63) is 0 Å². The Bertz CT molecular complexity index is 421. The van der Waals surface area contributed by atoms with E-state index in [1.165, 1.54) is 12.8 Å². The van der Waals surface area contributed by atoms with Crippen molar-refractivity contribution in [2.45, 2.75) is 52.0 Å². The number of guanidine groups is 1. The first-order chi connectivity index (χ1) is 11.1. The molecule has 2 fully saturated rings. The van der Waals surface area contributed by atoms with Crippen molar-refractivity contribution in [1.29, 1.82) is 0 Å². The molecule has 0 radical (unpaired) electrons. The van der Waals surface area contributed by atoms with E-state index in [1.54, 1.807) is 7.05 Å². The zero-order valence-electron chi connectivity index (χ0n) is 14.9. The monoisotopic (exact) mass is 324 g/mol. The fraction of sp³-hybridized carbons (Fsp3) is 0.882. The Morgan fingerprint density at radius 1 is 1.39 bits per heavy atom. The quantitative estimate of drug-likeness (QED) is 0.402. The van der Waals surface area contributed by atoms with Crippen molar-refractivity contribution in [1.82, 2.24) is 15.5 Å². The van der Waals surface area contributed by atoms with E-state index in [2.05, 4.69) is 15.6 Å². The number of aliphatic imine (C=N–C) groups is 1. The molecule has 1 aliphatic heterocycles. The van der Waals surface area contributed by atoms with Crippen LogP contribution in [-0.2, 0) is 9.53 Å². The molecule has 6 nitrogen and oxygen atoms in total. The first-order valence-electron chi connectivity index (χ1n) is 8.95. The zero-order chi connectivity index (χ0) is 16.7. The minimum Gasteiger partial charge on any atom is -0.382 e. The van der Waals surface area contributed by atoms with E-state index >= 15 is 0 Å². The fourth-order valence-electron chi connectivity index (χ4n) is 3.11. The van der Waals surface area contributed by atoms with E-state index in [1.807, 2.05) is 18.7 Å². The summed E-state index contributed by atoms with van der Waals surface area (Å²) in [5.41, 5.74) is 0.396. The van der Waals surface area contributed by atoms with Gasteiger partial charge in [-0.2, -0.15) is 0 Å². The van der Waals surface area contributed by atoms with Gasteiger partial charge in [-0.15, -0.1) is 0 Å². The molecule has 23 heavy (non-hydrogen) atoms. The first-order valence-corrected chi connectivity index (χ1v) is 8.95. The van der Waals surface area contributed by atoms with Crippen LogP contribution in [0.25, 0.3) is 0 Å². The molecule has 0 aromatic carbocycles. The Morgan fingerprint density at radius 3 is 2.78 bits per heavy atom. The van der Waals surface area contributed by atoms with Gasteiger partial charge in [0.1, 0.15) is 0 Å². The van der Waals surface area contributed by atoms with Crippen molar-refractivity contribution in [3.63, 3.8) is 0 Å². The predicted molar refractivity (Wildman–Crippen MR) is 92.6 cm³/mol. The molecule has 1 saturated carbocycles. The van der Waals surface area contributed by atoms with Crippen LogP contribution in [0.2, 0.25) is 0 Å². The highest BCUT2D eigenvalue weighted by atomic mass is 16.5. The average Bonchev–Trinajstić information content (AvgIpc) is 3.18. The van der Waals surface area contributed by atoms with Crippen molar-refractivity contribution < 1.29 is 9.53 Å². The van der Waals surface area contributed by atoms with Crippen LogP contribution in [0, 0.1) is 5.41 Å². The third-order valence-electron chi connectivity index (χ3n) is 4.98. The lowest BCUT2D eigenvalue weighted by Crippen LogP contribution is -2.46. The van der Waals surface area contributed by atoms with Gasteiger partial charge in [0.25, 0.3) is 0 Å². The Morgan fingerprint density at radius 2 is 2.17 bits per heavy atom. The number of amides is 1. The van der Waals surface area contributed by atoms with E-state index < -0.39 is 0 Å². The molecule has 1 aliphatic carbocycles. The van der Waals surface area contributed by atoms with Gasteiger partial charge in [0, 0.05) is 52.4 Å². The van der Waals surface area contributed by atoms with Gasteiger partial charge < -0.3 is 20.3 Å². The highest BCUT2D eigenvalue weighted by molar-refractivity contribution is 5.80. The van der Waals surface area contributed by atoms with Crippen LogP contribution in [0.3, 0.4) is 0 Å². The van der Waals surface area contributed by atoms with E-state index in [-0.39, 0.29) is 5.91 Å². The Balaban J connectivity index is 1.71. The molecule has 1 heterocycles. The van der Waals surface area contributed by atoms with Crippen LogP contribution in [0.1, 0.15) is 46.0 Å². The summed E-state index contributed by atoms with van der Waals surface area (Å²) in [5.74, 6) is 1.09. The molecule has 1 amide bonds. The maximum Gasteiger partial charge on any atom is 0.222 e. The van der Waals surface area contributed by atoms with E-state index in [0.29, 0.717) is 17.9 Å². The Kier molecular flexibility index (Phi) is 6.69. The molecule has 0 bridgehead atoms. The van der Waals surface area contributed by atoms with Gasteiger partial charge in [0.15, 0.2) is 5.96 Å². The molecule has 0 aromatic heterocycles. The number of ether oxygens (including phenoxy) is 1. The molecule has 132 valence electrons. The van der Waals surface area contributed by atoms with Crippen molar-refractivity contribution in [2.75, 3.05) is 39.9 Å². The summed E-state index contributed by atoms with van der Waals surface area (Å²) in [6.07, 6.45) is 5.23. The zero-order valence-corrected chi connectivity index (χ0v) is 14.9. The molecular weight excluding hydrogens is 292 g/mol. The highest BCUT2D eigenvalue weighted by Gasteiger charge is 2.42. The van der Waals surface area contributed by atoms with Crippen LogP contribution in [-0.4, -0.2) is 62.7 Å². The molecule has 6 heteroatoms. The van der Waals surface area contributed by atoms with Crippen molar-refractivity contribution in [3.8, 4) is 0 Å². The lowest BCUT2D eigenvalue weighted by Gasteiger charge is -2.21. The first kappa shape index (κ1) is 18.0. The average molecular weight is 324 g/mol. The normalized spacial score (nSPS) is 23.0. The summed E-state index contributed by atoms with van der Waals surface area (Å²) in [7, 11) is 1.80. The lowest BCUT2D eigenvalue weighted by molar-refractivity contribution is -0.129. The molecule has 1 saturated heterocycles. The second-order valence-corrected chi connectivity index (χ2v) is 6.70. The van der Waals surface area contributed by atoms with Gasteiger partial charge in [0.2, 0.25) is 5.91 Å². The van der Waals surface area contributed by atoms with Gasteiger partial charge in [-0.3, -0.25) is 9.79 Å². The number of carbonyl (C=O) groups excluding carboxylic acids is 1. The summed E-state index contributed by atoms with van der Waals surface area (Å²) in [6, 6.07) is 0.301. The number of nitrogens with zero attached hydrogens (tertiary/aromatic N) is 2. The summed E-state index contributed by atoms with van der Waals surface area (Å²) < 4.78 is 5.48. The van der Waals surface area contributed by atoms with Crippen LogP contribution in [0.5, 0.6) is 0 Å². The van der Waals surface area contributed by atoms with Crippen molar-refractivity contribution in [2.24, 2.45) is 10.4 Å². The van der Waals surface area contributed by atoms with Crippen LogP contribution < -0.4 is 10.6 Å². The van der Waals surface area contributed by atoms with Gasteiger partial charge in [-0.25, -0.2) is 0 Å². The van der Waals surface area contributed by atoms with Crippen molar-refractivity contribution >= 4 is 11.9 Å². The third kappa shape index (κ3) is 5.37. The number of rotatable bonds is 8. The maximum atomic E-state index is 11.7. The standard InChI is InChI=1S/C17H32N4O2/c1-4-15(22)21-10-6-14(12-21)20-16(18-3)19-13-17(7-8-17)9-11-23-5-2/h14H,4-13H2,1-3H3,(H2,18,19,20). The number of nitrogens with one attached hydrogen (secondary N) is 2. The van der Waals surface area contributed by atoms with E-state index in [4.69, 9.17) is 4.74 Å². The highest BCUT2D eigenvalue weighted by Crippen LogP contribution is 2.48. The summed E-state index contributed by atoms with van der Waals surface area (Å²) in [4.78, 5) is 18.0. The molecule has 1 atom stereocenters. The molecule has 2 N–H and O–H groups in total. The smallest absolute Gasteiger partial charge is 0.222 e. The largest absolute Gasteiger partial charge is 0.382 e. The molecule has 2 aliphatic rings. The SMILES string of the molecule is CCOCCC1(CNC(=NC)NC2CCN(C(=O)CC)C2)CC1. The molecule has 1 unspecified atom stereocenters. The topological polar surface area (TPSA) is 66.0 Å². The molecule has 2 rings (SSSR count). The Labute approximate surface area is 140 Å². The number of likely N-dealkylation sites (tertiary alicyclic amines) is 1. The molecular formula is C17H32N4O2. The minimum atomic E-state index is 0.241. The number of carbonyl (C=O) groups is 1. The molecule has 0 spiro atoms. The Hall–Kier alpha value is -1.30. The van der Waals surface area contributed by atoms with Gasteiger partial charge in [-0.1, -0.05) is 6.92 Å². The second kappa shape index (κ2) is 8.52. The van der Waals surface area contributed by atoms with Gasteiger partial charge in [-0.05, 0) is 38.0 Å².